The van der Waals surface area contributed by atoms with Gasteiger partial charge in [-0.3, -0.25) is 0 Å². The van der Waals surface area contributed by atoms with E-state index in [4.69, 9.17) is 15.0 Å². The molecule has 0 saturated carbocycles. The fourth-order valence-electron chi connectivity index (χ4n) is 2.32. The lowest BCUT2D eigenvalue weighted by Gasteiger charge is -2.30. The summed E-state index contributed by atoms with van der Waals surface area (Å²) in [6, 6.07) is 0. The van der Waals surface area contributed by atoms with Crippen molar-refractivity contribution in [2.24, 2.45) is 17.1 Å². The summed E-state index contributed by atoms with van der Waals surface area (Å²) >= 11 is 0. The third-order valence-corrected chi connectivity index (χ3v) is 3.83. The number of aromatic nitrogens is 2. The molecule has 1 aromatic rings. The van der Waals surface area contributed by atoms with Crippen LogP contribution in [-0.2, 0) is 17.6 Å². The van der Waals surface area contributed by atoms with Crippen molar-refractivity contribution in [1.29, 1.82) is 0 Å². The first-order valence-corrected chi connectivity index (χ1v) is 7.41. The summed E-state index contributed by atoms with van der Waals surface area (Å²) in [7, 11) is 1.69. The second-order valence-corrected chi connectivity index (χ2v) is 6.53. The highest BCUT2D eigenvalue weighted by Gasteiger charge is 2.24. The Kier molecular flexibility index (Phi) is 6.62. The Bertz CT molecular complexity index is 385. The summed E-state index contributed by atoms with van der Waals surface area (Å²) in [6.45, 7) is 9.49. The van der Waals surface area contributed by atoms with E-state index in [9.17, 15) is 0 Å². The highest BCUT2D eigenvalue weighted by atomic mass is 16.5. The molecule has 0 bridgehead atoms. The van der Waals surface area contributed by atoms with Crippen LogP contribution in [0.25, 0.3) is 0 Å². The predicted molar refractivity (Wildman–Crippen MR) is 79.4 cm³/mol. The molecule has 0 radical (unpaired) electrons. The van der Waals surface area contributed by atoms with Crippen molar-refractivity contribution in [3.63, 3.8) is 0 Å². The molecule has 116 valence electrons. The SMILES string of the molecule is COC(C)Cc1noc(CCC(CCN)C(C)(C)C)n1. The quantitative estimate of drug-likeness (QED) is 0.793. The van der Waals surface area contributed by atoms with Gasteiger partial charge in [-0.05, 0) is 37.6 Å². The molecule has 1 heterocycles. The van der Waals surface area contributed by atoms with Crippen molar-refractivity contribution in [1.82, 2.24) is 10.1 Å². The summed E-state index contributed by atoms with van der Waals surface area (Å²) in [5.41, 5.74) is 5.96. The third kappa shape index (κ3) is 5.59. The fraction of sp³-hybridized carbons (Fsp3) is 0.867. The summed E-state index contributed by atoms with van der Waals surface area (Å²) in [6.07, 6.45) is 3.68. The number of aryl methyl sites for hydroxylation is 1. The first-order valence-electron chi connectivity index (χ1n) is 7.41. The van der Waals surface area contributed by atoms with Gasteiger partial charge in [-0.1, -0.05) is 25.9 Å². The number of hydrogen-bond acceptors (Lipinski definition) is 5. The van der Waals surface area contributed by atoms with Gasteiger partial charge in [0.2, 0.25) is 5.89 Å². The minimum atomic E-state index is 0.111. The fourth-order valence-corrected chi connectivity index (χ4v) is 2.32. The summed E-state index contributed by atoms with van der Waals surface area (Å²) in [5.74, 6) is 2.01. The molecule has 20 heavy (non-hydrogen) atoms. The van der Waals surface area contributed by atoms with Gasteiger partial charge < -0.3 is 15.0 Å². The van der Waals surface area contributed by atoms with Crippen LogP contribution in [0.3, 0.4) is 0 Å². The molecule has 1 rings (SSSR count). The molecule has 2 unspecified atom stereocenters. The van der Waals surface area contributed by atoms with Crippen LogP contribution in [0.15, 0.2) is 4.52 Å². The zero-order valence-corrected chi connectivity index (χ0v) is 13.5. The first-order chi connectivity index (χ1) is 9.36. The van der Waals surface area contributed by atoms with E-state index in [-0.39, 0.29) is 11.5 Å². The maximum atomic E-state index is 5.70. The monoisotopic (exact) mass is 283 g/mol. The zero-order chi connectivity index (χ0) is 15.2. The van der Waals surface area contributed by atoms with Crippen molar-refractivity contribution in [3.05, 3.63) is 11.7 Å². The number of methoxy groups -OCH3 is 1. The van der Waals surface area contributed by atoms with E-state index in [2.05, 4.69) is 30.9 Å². The van der Waals surface area contributed by atoms with Gasteiger partial charge in [0.1, 0.15) is 0 Å². The Balaban J connectivity index is 2.52. The minimum absolute atomic E-state index is 0.111. The first kappa shape index (κ1) is 17.1. The molecule has 0 fully saturated rings. The Labute approximate surface area is 122 Å². The van der Waals surface area contributed by atoms with Crippen LogP contribution in [0.1, 0.15) is 52.3 Å². The Morgan fingerprint density at radius 2 is 2.00 bits per heavy atom. The lowest BCUT2D eigenvalue weighted by Crippen LogP contribution is -2.24. The van der Waals surface area contributed by atoms with Gasteiger partial charge in [0.05, 0.1) is 6.10 Å². The van der Waals surface area contributed by atoms with Gasteiger partial charge >= 0.3 is 0 Å². The van der Waals surface area contributed by atoms with Crippen LogP contribution in [-0.4, -0.2) is 29.9 Å². The number of nitrogens with zero attached hydrogens (tertiary/aromatic N) is 2. The van der Waals surface area contributed by atoms with E-state index in [1.807, 2.05) is 6.92 Å². The highest BCUT2D eigenvalue weighted by molar-refractivity contribution is 4.89. The summed E-state index contributed by atoms with van der Waals surface area (Å²) in [5, 5.41) is 4.00. The van der Waals surface area contributed by atoms with Crippen LogP contribution in [0.2, 0.25) is 0 Å². The Hall–Kier alpha value is -0.940. The summed E-state index contributed by atoms with van der Waals surface area (Å²) < 4.78 is 10.5. The van der Waals surface area contributed by atoms with Crippen molar-refractivity contribution in [3.8, 4) is 0 Å². The van der Waals surface area contributed by atoms with Crippen molar-refractivity contribution < 1.29 is 9.26 Å². The van der Waals surface area contributed by atoms with Gasteiger partial charge in [0, 0.05) is 20.0 Å². The molecule has 0 aliphatic carbocycles. The number of rotatable bonds is 8. The van der Waals surface area contributed by atoms with Gasteiger partial charge in [-0.25, -0.2) is 0 Å². The largest absolute Gasteiger partial charge is 0.381 e. The average molecular weight is 283 g/mol. The Morgan fingerprint density at radius 1 is 1.30 bits per heavy atom. The maximum Gasteiger partial charge on any atom is 0.226 e. The molecular weight excluding hydrogens is 254 g/mol. The van der Waals surface area contributed by atoms with E-state index in [0.29, 0.717) is 12.3 Å². The predicted octanol–water partition coefficient (Wildman–Crippen LogP) is 2.59. The van der Waals surface area contributed by atoms with Crippen LogP contribution in [0.5, 0.6) is 0 Å². The molecule has 2 N–H and O–H groups in total. The molecule has 0 amide bonds. The molecular formula is C15H29N3O2. The molecule has 1 aromatic heterocycles. The van der Waals surface area contributed by atoms with Crippen LogP contribution in [0.4, 0.5) is 0 Å². The van der Waals surface area contributed by atoms with E-state index in [1.54, 1.807) is 7.11 Å². The van der Waals surface area contributed by atoms with Gasteiger partial charge in [0.15, 0.2) is 5.82 Å². The standard InChI is InChI=1S/C15H29N3O2/c1-11(19-5)10-13-17-14(20-18-13)7-6-12(8-9-16)15(2,3)4/h11-12H,6-10,16H2,1-5H3. The molecule has 0 spiro atoms. The minimum Gasteiger partial charge on any atom is -0.381 e. The highest BCUT2D eigenvalue weighted by Crippen LogP contribution is 2.32. The molecule has 0 aliphatic rings. The molecule has 0 aliphatic heterocycles. The van der Waals surface area contributed by atoms with Gasteiger partial charge in [-0.15, -0.1) is 0 Å². The van der Waals surface area contributed by atoms with E-state index in [0.717, 1.165) is 37.5 Å². The smallest absolute Gasteiger partial charge is 0.226 e. The Morgan fingerprint density at radius 3 is 2.55 bits per heavy atom. The molecule has 0 aromatic carbocycles. The average Bonchev–Trinajstić information content (AvgIpc) is 2.80. The number of nitrogens with two attached hydrogens (primary N) is 1. The molecule has 0 saturated heterocycles. The number of hydrogen-bond donors (Lipinski definition) is 1. The van der Waals surface area contributed by atoms with Crippen LogP contribution in [0, 0.1) is 11.3 Å². The number of ether oxygens (including phenoxy) is 1. The van der Waals surface area contributed by atoms with Gasteiger partial charge in [0.25, 0.3) is 0 Å². The topological polar surface area (TPSA) is 74.2 Å². The van der Waals surface area contributed by atoms with Crippen LogP contribution < -0.4 is 5.73 Å². The van der Waals surface area contributed by atoms with E-state index < -0.39 is 0 Å². The van der Waals surface area contributed by atoms with E-state index >= 15 is 0 Å². The molecule has 5 nitrogen and oxygen atoms in total. The van der Waals surface area contributed by atoms with Gasteiger partial charge in [-0.2, -0.15) is 4.98 Å². The van der Waals surface area contributed by atoms with Crippen molar-refractivity contribution >= 4 is 0 Å². The third-order valence-electron chi connectivity index (χ3n) is 3.83. The molecule has 5 heteroatoms. The normalized spacial score (nSPS) is 15.3. The van der Waals surface area contributed by atoms with Crippen molar-refractivity contribution in [2.75, 3.05) is 13.7 Å². The maximum absolute atomic E-state index is 5.70. The van der Waals surface area contributed by atoms with Crippen LogP contribution >= 0.6 is 0 Å². The van der Waals surface area contributed by atoms with Crippen molar-refractivity contribution in [2.45, 2.75) is 59.5 Å². The second kappa shape index (κ2) is 7.74. The lowest BCUT2D eigenvalue weighted by atomic mass is 9.76. The van der Waals surface area contributed by atoms with E-state index in [1.165, 1.54) is 0 Å². The molecule has 2 atom stereocenters. The lowest BCUT2D eigenvalue weighted by molar-refractivity contribution is 0.116. The summed E-state index contributed by atoms with van der Waals surface area (Å²) in [4.78, 5) is 4.42. The second-order valence-electron chi connectivity index (χ2n) is 6.53. The zero-order valence-electron chi connectivity index (χ0n) is 13.5.